The third-order valence-electron chi connectivity index (χ3n) is 4.77. The molecule has 128 valence electrons. The van der Waals surface area contributed by atoms with E-state index in [0.717, 1.165) is 12.8 Å². The Labute approximate surface area is 146 Å². The van der Waals surface area contributed by atoms with Crippen molar-refractivity contribution in [2.24, 2.45) is 0 Å². The van der Waals surface area contributed by atoms with Gasteiger partial charge in [0.1, 0.15) is 16.5 Å². The minimum absolute atomic E-state index is 0.0561. The maximum atomic E-state index is 13.9. The van der Waals surface area contributed by atoms with Crippen LogP contribution in [-0.4, -0.2) is 28.9 Å². The van der Waals surface area contributed by atoms with Gasteiger partial charge in [-0.15, -0.1) is 11.3 Å². The second kappa shape index (κ2) is 7.88. The third-order valence-corrected chi connectivity index (χ3v) is 5.65. The summed E-state index contributed by atoms with van der Waals surface area (Å²) in [5, 5.41) is 2.30. The van der Waals surface area contributed by atoms with Crippen LogP contribution in [0.15, 0.2) is 29.6 Å². The van der Waals surface area contributed by atoms with E-state index >= 15 is 0 Å². The van der Waals surface area contributed by atoms with Crippen LogP contribution in [-0.2, 0) is 0 Å². The molecule has 1 aliphatic rings. The van der Waals surface area contributed by atoms with E-state index in [1.54, 1.807) is 23.6 Å². The molecule has 0 unspecified atom stereocenters. The Balaban J connectivity index is 1.74. The van der Waals surface area contributed by atoms with Crippen molar-refractivity contribution in [2.45, 2.75) is 51.0 Å². The number of carbonyl (C=O) groups excluding carboxylic acids is 1. The molecule has 0 atom stereocenters. The molecule has 5 heteroatoms. The molecule has 1 aromatic heterocycles. The van der Waals surface area contributed by atoms with Crippen LogP contribution < -0.4 is 0 Å². The van der Waals surface area contributed by atoms with E-state index in [9.17, 15) is 9.18 Å². The van der Waals surface area contributed by atoms with Gasteiger partial charge in [0.2, 0.25) is 0 Å². The van der Waals surface area contributed by atoms with Crippen molar-refractivity contribution in [2.75, 3.05) is 7.05 Å². The standard InChI is InChI=1S/C19H23FN2OS/c1-22(14-9-5-3-2-4-6-10-14)19(23)17-13-24-18(21-17)15-11-7-8-12-16(15)20/h7-8,11-14H,2-6,9-10H2,1H3. The molecular formula is C19H23FN2OS. The van der Waals surface area contributed by atoms with Crippen molar-refractivity contribution in [3.8, 4) is 10.6 Å². The monoisotopic (exact) mass is 346 g/mol. The maximum Gasteiger partial charge on any atom is 0.273 e. The second-order valence-electron chi connectivity index (χ2n) is 6.43. The molecule has 1 heterocycles. The first kappa shape index (κ1) is 17.1. The van der Waals surface area contributed by atoms with Crippen LogP contribution in [0.3, 0.4) is 0 Å². The number of benzene rings is 1. The highest BCUT2D eigenvalue weighted by Gasteiger charge is 2.24. The van der Waals surface area contributed by atoms with E-state index in [1.165, 1.54) is 49.5 Å². The van der Waals surface area contributed by atoms with Crippen LogP contribution in [0.1, 0.15) is 55.4 Å². The van der Waals surface area contributed by atoms with Gasteiger partial charge in [-0.3, -0.25) is 4.79 Å². The number of halogens is 1. The summed E-state index contributed by atoms with van der Waals surface area (Å²) in [6, 6.07) is 6.83. The average molecular weight is 346 g/mol. The molecule has 0 bridgehead atoms. The van der Waals surface area contributed by atoms with Gasteiger partial charge in [0.05, 0.1) is 0 Å². The lowest BCUT2D eigenvalue weighted by atomic mass is 9.96. The van der Waals surface area contributed by atoms with Crippen molar-refractivity contribution < 1.29 is 9.18 Å². The molecule has 1 amide bonds. The van der Waals surface area contributed by atoms with Gasteiger partial charge in [0, 0.05) is 24.0 Å². The molecule has 3 rings (SSSR count). The highest BCUT2D eigenvalue weighted by Crippen LogP contribution is 2.27. The lowest BCUT2D eigenvalue weighted by molar-refractivity contribution is 0.0701. The number of hydrogen-bond donors (Lipinski definition) is 0. The summed E-state index contributed by atoms with van der Waals surface area (Å²) in [5.74, 6) is -0.362. The minimum Gasteiger partial charge on any atom is -0.337 e. The first-order chi connectivity index (χ1) is 11.7. The van der Waals surface area contributed by atoms with Crippen molar-refractivity contribution in [3.63, 3.8) is 0 Å². The fourth-order valence-electron chi connectivity index (χ4n) is 3.30. The summed E-state index contributed by atoms with van der Waals surface area (Å²) in [6.07, 6.45) is 8.31. The normalized spacial score (nSPS) is 16.4. The van der Waals surface area contributed by atoms with Crippen LogP contribution in [0.4, 0.5) is 4.39 Å². The Morgan fingerprint density at radius 3 is 2.54 bits per heavy atom. The van der Waals surface area contributed by atoms with Crippen molar-refractivity contribution in [1.29, 1.82) is 0 Å². The number of nitrogens with zero attached hydrogens (tertiary/aromatic N) is 2. The molecule has 0 radical (unpaired) electrons. The quantitative estimate of drug-likeness (QED) is 0.771. The fourth-order valence-corrected chi connectivity index (χ4v) is 4.12. The van der Waals surface area contributed by atoms with Gasteiger partial charge in [-0.25, -0.2) is 9.37 Å². The van der Waals surface area contributed by atoms with Crippen molar-refractivity contribution >= 4 is 17.2 Å². The number of hydrogen-bond acceptors (Lipinski definition) is 3. The van der Waals surface area contributed by atoms with Gasteiger partial charge in [0.25, 0.3) is 5.91 Å². The van der Waals surface area contributed by atoms with Gasteiger partial charge in [-0.05, 0) is 25.0 Å². The third kappa shape index (κ3) is 3.83. The summed E-state index contributed by atoms with van der Waals surface area (Å²) in [7, 11) is 1.87. The highest BCUT2D eigenvalue weighted by atomic mass is 32.1. The summed E-state index contributed by atoms with van der Waals surface area (Å²) in [5.41, 5.74) is 0.873. The zero-order valence-corrected chi connectivity index (χ0v) is 14.8. The van der Waals surface area contributed by atoms with E-state index in [0.29, 0.717) is 16.3 Å². The number of aromatic nitrogens is 1. The Bertz CT molecular complexity index is 692. The lowest BCUT2D eigenvalue weighted by Crippen LogP contribution is -2.37. The molecule has 1 aliphatic carbocycles. The summed E-state index contributed by atoms with van der Waals surface area (Å²) >= 11 is 1.32. The van der Waals surface area contributed by atoms with Crippen molar-refractivity contribution in [3.05, 3.63) is 41.2 Å². The topological polar surface area (TPSA) is 33.2 Å². The van der Waals surface area contributed by atoms with E-state index in [1.807, 2.05) is 11.9 Å². The van der Waals surface area contributed by atoms with Crippen molar-refractivity contribution in [1.82, 2.24) is 9.88 Å². The summed E-state index contributed by atoms with van der Waals surface area (Å²) in [4.78, 5) is 19.0. The number of carbonyl (C=O) groups is 1. The summed E-state index contributed by atoms with van der Waals surface area (Å²) < 4.78 is 13.9. The predicted molar refractivity (Wildman–Crippen MR) is 95.7 cm³/mol. The Morgan fingerprint density at radius 2 is 1.83 bits per heavy atom. The fraction of sp³-hybridized carbons (Fsp3) is 0.474. The van der Waals surface area contributed by atoms with Crippen LogP contribution in [0.5, 0.6) is 0 Å². The molecule has 0 aliphatic heterocycles. The molecule has 0 N–H and O–H groups in total. The van der Waals surface area contributed by atoms with Crippen LogP contribution >= 0.6 is 11.3 Å². The molecule has 24 heavy (non-hydrogen) atoms. The van der Waals surface area contributed by atoms with Gasteiger partial charge >= 0.3 is 0 Å². The number of rotatable bonds is 3. The van der Waals surface area contributed by atoms with Crippen LogP contribution in [0.25, 0.3) is 10.6 Å². The molecule has 0 saturated heterocycles. The number of thiazole rings is 1. The van der Waals surface area contributed by atoms with Gasteiger partial charge in [-0.1, -0.05) is 44.2 Å². The Kier molecular flexibility index (Phi) is 5.61. The van der Waals surface area contributed by atoms with E-state index < -0.39 is 0 Å². The first-order valence-electron chi connectivity index (χ1n) is 8.64. The van der Waals surface area contributed by atoms with Gasteiger partial charge in [-0.2, -0.15) is 0 Å². The lowest BCUT2D eigenvalue weighted by Gasteiger charge is -2.29. The Morgan fingerprint density at radius 1 is 1.17 bits per heavy atom. The molecule has 2 aromatic rings. The van der Waals surface area contributed by atoms with E-state index in [2.05, 4.69) is 4.98 Å². The second-order valence-corrected chi connectivity index (χ2v) is 7.29. The van der Waals surface area contributed by atoms with Crippen LogP contribution in [0.2, 0.25) is 0 Å². The Hall–Kier alpha value is -1.75. The molecule has 1 fully saturated rings. The van der Waals surface area contributed by atoms with Gasteiger partial charge < -0.3 is 4.90 Å². The van der Waals surface area contributed by atoms with Gasteiger partial charge in [0.15, 0.2) is 0 Å². The molecule has 0 spiro atoms. The number of amides is 1. The smallest absolute Gasteiger partial charge is 0.273 e. The van der Waals surface area contributed by atoms with Crippen LogP contribution in [0, 0.1) is 5.82 Å². The highest BCUT2D eigenvalue weighted by molar-refractivity contribution is 7.13. The molecule has 3 nitrogen and oxygen atoms in total. The summed E-state index contributed by atoms with van der Waals surface area (Å²) in [6.45, 7) is 0. The predicted octanol–water partition coefficient (Wildman–Crippen LogP) is 5.13. The zero-order valence-electron chi connectivity index (χ0n) is 14.0. The van der Waals surface area contributed by atoms with E-state index in [-0.39, 0.29) is 17.8 Å². The molecule has 1 saturated carbocycles. The molecule has 1 aromatic carbocycles. The molecular weight excluding hydrogens is 323 g/mol. The average Bonchev–Trinajstić information content (AvgIpc) is 3.03. The largest absolute Gasteiger partial charge is 0.337 e. The maximum absolute atomic E-state index is 13.9. The SMILES string of the molecule is CN(C(=O)c1csc(-c2ccccc2F)n1)C1CCCCCCC1. The minimum atomic E-state index is -0.306. The zero-order chi connectivity index (χ0) is 16.9. The first-order valence-corrected chi connectivity index (χ1v) is 9.52. The van der Waals surface area contributed by atoms with E-state index in [4.69, 9.17) is 0 Å².